The molecule has 98 valence electrons. The molecule has 0 atom stereocenters. The lowest BCUT2D eigenvalue weighted by Gasteiger charge is -2.44. The quantitative estimate of drug-likeness (QED) is 0.771. The Hall–Kier alpha value is -1.22. The van der Waals surface area contributed by atoms with Gasteiger partial charge in [-0.05, 0) is 63.5 Å². The van der Waals surface area contributed by atoms with Crippen molar-refractivity contribution in [1.29, 1.82) is 0 Å². The van der Waals surface area contributed by atoms with Crippen LogP contribution in [0.2, 0.25) is 0 Å². The zero-order valence-electron chi connectivity index (χ0n) is 11.2. The molecule has 1 spiro atoms. The Balaban J connectivity index is 1.68. The summed E-state index contributed by atoms with van der Waals surface area (Å²) < 4.78 is 0. The van der Waals surface area contributed by atoms with E-state index in [0.717, 1.165) is 5.69 Å². The normalized spacial score (nSPS) is 23.7. The highest BCUT2D eigenvalue weighted by atomic mass is 15.2. The first-order valence-electron chi connectivity index (χ1n) is 7.01. The average molecular weight is 245 g/mol. The summed E-state index contributed by atoms with van der Waals surface area (Å²) in [6, 6.07) is 8.29. The minimum Gasteiger partial charge on any atom is -0.399 e. The second-order valence-electron chi connectivity index (χ2n) is 5.83. The van der Waals surface area contributed by atoms with E-state index in [9.17, 15) is 0 Å². The molecule has 3 rings (SSSR count). The molecule has 0 unspecified atom stereocenters. The van der Waals surface area contributed by atoms with Gasteiger partial charge in [0.2, 0.25) is 0 Å². The van der Waals surface area contributed by atoms with Gasteiger partial charge in [-0.1, -0.05) is 0 Å². The third kappa shape index (κ3) is 1.97. The number of rotatable bonds is 1. The molecule has 2 aliphatic rings. The van der Waals surface area contributed by atoms with Gasteiger partial charge in [0.15, 0.2) is 0 Å². The first-order chi connectivity index (χ1) is 8.70. The number of benzene rings is 1. The fraction of sp³-hybridized carbons (Fsp3) is 0.600. The molecule has 2 saturated heterocycles. The predicted molar refractivity (Wildman–Crippen MR) is 76.9 cm³/mol. The van der Waals surface area contributed by atoms with Crippen LogP contribution in [0.15, 0.2) is 24.3 Å². The maximum absolute atomic E-state index is 5.74. The fourth-order valence-electron chi connectivity index (χ4n) is 3.57. The van der Waals surface area contributed by atoms with Gasteiger partial charge in [0, 0.05) is 30.0 Å². The van der Waals surface area contributed by atoms with Crippen LogP contribution < -0.4 is 10.6 Å². The van der Waals surface area contributed by atoms with E-state index in [0.29, 0.717) is 5.54 Å². The summed E-state index contributed by atoms with van der Waals surface area (Å²) in [4.78, 5) is 5.09. The van der Waals surface area contributed by atoms with Crippen LogP contribution in [0.5, 0.6) is 0 Å². The highest BCUT2D eigenvalue weighted by Gasteiger charge is 2.40. The van der Waals surface area contributed by atoms with Crippen LogP contribution in [-0.4, -0.2) is 37.1 Å². The summed E-state index contributed by atoms with van der Waals surface area (Å²) in [6.07, 6.45) is 5.36. The third-order valence-corrected chi connectivity index (χ3v) is 4.90. The Kier molecular flexibility index (Phi) is 2.94. The van der Waals surface area contributed by atoms with Crippen molar-refractivity contribution in [2.75, 3.05) is 37.3 Å². The van der Waals surface area contributed by atoms with Crippen molar-refractivity contribution in [2.24, 2.45) is 0 Å². The van der Waals surface area contributed by atoms with E-state index in [1.807, 2.05) is 12.1 Å². The number of nitrogens with zero attached hydrogens (tertiary/aromatic N) is 2. The molecule has 18 heavy (non-hydrogen) atoms. The SMILES string of the molecule is CN1CCCC12CCN(c1ccc(N)cc1)CC2. The van der Waals surface area contributed by atoms with Crippen LogP contribution in [0.1, 0.15) is 25.7 Å². The number of anilines is 2. The summed E-state index contributed by atoms with van der Waals surface area (Å²) in [7, 11) is 2.30. The first kappa shape index (κ1) is 11.8. The molecule has 1 aromatic carbocycles. The van der Waals surface area contributed by atoms with Gasteiger partial charge in [-0.25, -0.2) is 0 Å². The van der Waals surface area contributed by atoms with Gasteiger partial charge < -0.3 is 15.5 Å². The molecular weight excluding hydrogens is 222 g/mol. The molecule has 0 amide bonds. The number of nitrogen functional groups attached to an aromatic ring is 1. The van der Waals surface area contributed by atoms with Gasteiger partial charge in [0.05, 0.1) is 0 Å². The van der Waals surface area contributed by atoms with Crippen LogP contribution in [-0.2, 0) is 0 Å². The van der Waals surface area contributed by atoms with E-state index in [-0.39, 0.29) is 0 Å². The molecule has 0 saturated carbocycles. The summed E-state index contributed by atoms with van der Waals surface area (Å²) >= 11 is 0. The minimum absolute atomic E-state index is 0.504. The van der Waals surface area contributed by atoms with Gasteiger partial charge in [0.25, 0.3) is 0 Å². The molecule has 3 nitrogen and oxygen atoms in total. The van der Waals surface area contributed by atoms with E-state index in [1.165, 1.54) is 51.0 Å². The molecule has 2 N–H and O–H groups in total. The molecule has 0 aromatic heterocycles. The molecule has 0 aliphatic carbocycles. The van der Waals surface area contributed by atoms with E-state index >= 15 is 0 Å². The Bertz CT molecular complexity index is 404. The third-order valence-electron chi connectivity index (χ3n) is 4.90. The molecule has 2 aliphatic heterocycles. The fourth-order valence-corrected chi connectivity index (χ4v) is 3.57. The molecular formula is C15H23N3. The Labute approximate surface area is 110 Å². The van der Waals surface area contributed by atoms with Crippen LogP contribution in [0, 0.1) is 0 Å². The van der Waals surface area contributed by atoms with Crippen molar-refractivity contribution in [3.05, 3.63) is 24.3 Å². The van der Waals surface area contributed by atoms with Crippen LogP contribution in [0.3, 0.4) is 0 Å². The van der Waals surface area contributed by atoms with Crippen molar-refractivity contribution >= 4 is 11.4 Å². The van der Waals surface area contributed by atoms with Crippen molar-refractivity contribution in [1.82, 2.24) is 4.90 Å². The first-order valence-corrected chi connectivity index (χ1v) is 7.01. The van der Waals surface area contributed by atoms with Crippen LogP contribution in [0.4, 0.5) is 11.4 Å². The Morgan fingerprint density at radius 3 is 2.22 bits per heavy atom. The predicted octanol–water partition coefficient (Wildman–Crippen LogP) is 2.33. The van der Waals surface area contributed by atoms with E-state index in [2.05, 4.69) is 29.0 Å². The average Bonchev–Trinajstić information content (AvgIpc) is 2.73. The van der Waals surface area contributed by atoms with E-state index in [1.54, 1.807) is 0 Å². The minimum atomic E-state index is 0.504. The van der Waals surface area contributed by atoms with Gasteiger partial charge >= 0.3 is 0 Å². The molecule has 2 fully saturated rings. The standard InChI is InChI=1S/C15H23N3/c1-17-10-2-7-15(17)8-11-18(12-9-15)14-5-3-13(16)4-6-14/h3-6H,2,7-12,16H2,1H3. The second kappa shape index (κ2) is 4.47. The molecule has 1 aromatic rings. The van der Waals surface area contributed by atoms with Gasteiger partial charge in [0.1, 0.15) is 0 Å². The number of nitrogens with two attached hydrogens (primary N) is 1. The smallest absolute Gasteiger partial charge is 0.0367 e. The lowest BCUT2D eigenvalue weighted by atomic mass is 9.85. The number of piperidine rings is 1. The highest BCUT2D eigenvalue weighted by Crippen LogP contribution is 2.38. The molecule has 0 bridgehead atoms. The van der Waals surface area contributed by atoms with E-state index in [4.69, 9.17) is 5.73 Å². The number of hydrogen-bond acceptors (Lipinski definition) is 3. The van der Waals surface area contributed by atoms with Crippen molar-refractivity contribution in [3.8, 4) is 0 Å². The monoisotopic (exact) mass is 245 g/mol. The number of likely N-dealkylation sites (tertiary alicyclic amines) is 1. The summed E-state index contributed by atoms with van der Waals surface area (Å²) in [6.45, 7) is 3.63. The van der Waals surface area contributed by atoms with Gasteiger partial charge in [-0.2, -0.15) is 0 Å². The zero-order chi connectivity index (χ0) is 12.6. The summed E-state index contributed by atoms with van der Waals surface area (Å²) in [5, 5.41) is 0. The topological polar surface area (TPSA) is 32.5 Å². The maximum atomic E-state index is 5.74. The summed E-state index contributed by atoms with van der Waals surface area (Å²) in [5.41, 5.74) is 8.42. The van der Waals surface area contributed by atoms with Crippen LogP contribution in [0.25, 0.3) is 0 Å². The maximum Gasteiger partial charge on any atom is 0.0367 e. The molecule has 2 heterocycles. The molecule has 0 radical (unpaired) electrons. The van der Waals surface area contributed by atoms with Crippen molar-refractivity contribution < 1.29 is 0 Å². The lowest BCUT2D eigenvalue weighted by Crippen LogP contribution is -2.50. The van der Waals surface area contributed by atoms with Crippen LogP contribution >= 0.6 is 0 Å². The second-order valence-corrected chi connectivity index (χ2v) is 5.83. The Morgan fingerprint density at radius 2 is 1.67 bits per heavy atom. The van der Waals surface area contributed by atoms with Gasteiger partial charge in [-0.15, -0.1) is 0 Å². The van der Waals surface area contributed by atoms with Gasteiger partial charge in [-0.3, -0.25) is 0 Å². The largest absolute Gasteiger partial charge is 0.399 e. The zero-order valence-corrected chi connectivity index (χ0v) is 11.2. The van der Waals surface area contributed by atoms with Crippen molar-refractivity contribution in [2.45, 2.75) is 31.2 Å². The summed E-state index contributed by atoms with van der Waals surface area (Å²) in [5.74, 6) is 0. The highest BCUT2D eigenvalue weighted by molar-refractivity contribution is 5.53. The number of hydrogen-bond donors (Lipinski definition) is 1. The lowest BCUT2D eigenvalue weighted by molar-refractivity contribution is 0.137. The Morgan fingerprint density at radius 1 is 1.00 bits per heavy atom. The van der Waals surface area contributed by atoms with E-state index < -0.39 is 0 Å². The van der Waals surface area contributed by atoms with Crippen molar-refractivity contribution in [3.63, 3.8) is 0 Å². The molecule has 3 heteroatoms.